The van der Waals surface area contributed by atoms with Crippen LogP contribution in [0.4, 0.5) is 0 Å². The highest BCUT2D eigenvalue weighted by Crippen LogP contribution is 2.26. The molecule has 0 saturated heterocycles. The summed E-state index contributed by atoms with van der Waals surface area (Å²) in [6.07, 6.45) is 17.6. The molecule has 2 aromatic heterocycles. The first-order valence-corrected chi connectivity index (χ1v) is 14.4. The second kappa shape index (κ2) is 19.8. The van der Waals surface area contributed by atoms with Gasteiger partial charge in [0.25, 0.3) is 6.47 Å². The van der Waals surface area contributed by atoms with Crippen molar-refractivity contribution in [2.45, 2.75) is 135 Å². The molecular formula is C29H48N2O7. The zero-order chi connectivity index (χ0) is 27.4. The van der Waals surface area contributed by atoms with Gasteiger partial charge in [-0.05, 0) is 13.3 Å². The first-order valence-electron chi connectivity index (χ1n) is 14.4. The topological polar surface area (TPSA) is 128 Å². The monoisotopic (exact) mass is 536 g/mol. The Bertz CT molecular complexity index is 827. The van der Waals surface area contributed by atoms with E-state index in [4.69, 9.17) is 18.3 Å². The van der Waals surface area contributed by atoms with Gasteiger partial charge in [0, 0.05) is 13.0 Å². The fraction of sp³-hybridized carbons (Fsp3) is 0.759. The van der Waals surface area contributed by atoms with Crippen LogP contribution in [0.2, 0.25) is 0 Å². The molecule has 9 nitrogen and oxygen atoms in total. The molecule has 2 N–H and O–H groups in total. The van der Waals surface area contributed by atoms with E-state index in [0.29, 0.717) is 30.4 Å². The number of aliphatic hydroxyl groups excluding tert-OH is 2. The van der Waals surface area contributed by atoms with E-state index in [1.165, 1.54) is 90.2 Å². The zero-order valence-corrected chi connectivity index (χ0v) is 23.3. The molecule has 2 heterocycles. The Balaban J connectivity index is 1.72. The lowest BCUT2D eigenvalue weighted by Crippen LogP contribution is -2.38. The third-order valence-corrected chi connectivity index (χ3v) is 6.88. The Morgan fingerprint density at radius 1 is 0.947 bits per heavy atom. The molecule has 0 saturated carbocycles. The second-order valence-corrected chi connectivity index (χ2v) is 10.1. The number of oxazole rings is 2. The van der Waals surface area contributed by atoms with E-state index in [2.05, 4.69) is 16.9 Å². The fourth-order valence-corrected chi connectivity index (χ4v) is 4.49. The Labute approximate surface area is 227 Å². The first-order chi connectivity index (χ1) is 18.5. The minimum atomic E-state index is -1.25. The van der Waals surface area contributed by atoms with Crippen molar-refractivity contribution in [1.82, 2.24) is 9.97 Å². The molecule has 0 unspecified atom stereocenters. The maximum atomic E-state index is 10.6. The van der Waals surface area contributed by atoms with Crippen molar-refractivity contribution in [2.75, 3.05) is 6.61 Å². The summed E-state index contributed by atoms with van der Waals surface area (Å²) in [5, 5.41) is 20.9. The highest BCUT2D eigenvalue weighted by Gasteiger charge is 2.29. The van der Waals surface area contributed by atoms with Gasteiger partial charge in [-0.1, -0.05) is 84.0 Å². The molecule has 0 aliphatic heterocycles. The van der Waals surface area contributed by atoms with Crippen LogP contribution in [0.3, 0.4) is 0 Å². The Morgan fingerprint density at radius 3 is 2.16 bits per heavy atom. The van der Waals surface area contributed by atoms with Gasteiger partial charge in [-0.2, -0.15) is 0 Å². The number of unbranched alkanes of at least 4 members (excludes halogenated alkanes) is 12. The normalized spacial score (nSPS) is 14.7. The Kier molecular flexibility index (Phi) is 16.7. The maximum Gasteiger partial charge on any atom is 0.293 e. The van der Waals surface area contributed by atoms with Crippen LogP contribution in [0.15, 0.2) is 27.7 Å². The molecule has 216 valence electrons. The number of aliphatic hydroxyl groups is 2. The van der Waals surface area contributed by atoms with Crippen molar-refractivity contribution >= 4 is 6.47 Å². The van der Waals surface area contributed by atoms with Gasteiger partial charge in [0.05, 0.1) is 18.7 Å². The number of ether oxygens (including phenoxy) is 2. The number of nitrogens with zero attached hydrogens (tertiary/aromatic N) is 2. The molecule has 2 aromatic rings. The predicted molar refractivity (Wildman–Crippen MR) is 143 cm³/mol. The fourth-order valence-electron chi connectivity index (χ4n) is 4.49. The van der Waals surface area contributed by atoms with E-state index >= 15 is 0 Å². The highest BCUT2D eigenvalue weighted by molar-refractivity contribution is 5.37. The molecule has 4 atom stereocenters. The SMILES string of the molecule is CCCCCCCCCCCCCCCO[C@H](C[C@H](O)[C@H](O)[C@H](C)OC=O)c1coc(Cc2cnco2)n1. The Hall–Kier alpha value is -2.23. The summed E-state index contributed by atoms with van der Waals surface area (Å²) in [5.41, 5.74) is 0.532. The highest BCUT2D eigenvalue weighted by atomic mass is 16.5. The van der Waals surface area contributed by atoms with E-state index < -0.39 is 24.4 Å². The van der Waals surface area contributed by atoms with Gasteiger partial charge < -0.3 is 28.5 Å². The molecule has 38 heavy (non-hydrogen) atoms. The summed E-state index contributed by atoms with van der Waals surface area (Å²) < 4.78 is 21.7. The standard InChI is InChI=1S/C29H48N2O7/c1-3-4-5-6-7-8-9-10-11-12-13-14-15-16-35-27(18-26(33)29(34)23(2)38-22-32)25-20-36-28(31-25)17-24-19-30-21-37-24/h19-23,26-27,29,33-34H,3-18H2,1-2H3/t23-,26-,27+,29+/m0/s1. The molecular weight excluding hydrogens is 488 g/mol. The molecule has 0 fully saturated rings. The average molecular weight is 537 g/mol. The molecule has 0 bridgehead atoms. The number of carbonyl (C=O) groups excluding carboxylic acids is 1. The molecule has 2 rings (SSSR count). The lowest BCUT2D eigenvalue weighted by Gasteiger charge is -2.25. The predicted octanol–water partition coefficient (Wildman–Crippen LogP) is 6.08. The quantitative estimate of drug-likeness (QED) is 0.121. The van der Waals surface area contributed by atoms with E-state index in [0.717, 1.165) is 12.8 Å². The van der Waals surface area contributed by atoms with Crippen molar-refractivity contribution in [2.24, 2.45) is 0 Å². The molecule has 0 amide bonds. The summed E-state index contributed by atoms with van der Waals surface area (Å²) in [6.45, 7) is 4.55. The third-order valence-electron chi connectivity index (χ3n) is 6.88. The van der Waals surface area contributed by atoms with Crippen LogP contribution in [0.25, 0.3) is 0 Å². The number of aromatic nitrogens is 2. The number of hydrogen-bond acceptors (Lipinski definition) is 9. The van der Waals surface area contributed by atoms with Crippen LogP contribution in [-0.4, -0.2) is 51.6 Å². The third kappa shape index (κ3) is 13.0. The molecule has 0 radical (unpaired) electrons. The largest absolute Gasteiger partial charge is 0.462 e. The van der Waals surface area contributed by atoms with E-state index in [9.17, 15) is 15.0 Å². The van der Waals surface area contributed by atoms with Crippen molar-refractivity contribution in [3.63, 3.8) is 0 Å². The van der Waals surface area contributed by atoms with Gasteiger partial charge in [-0.25, -0.2) is 9.97 Å². The van der Waals surface area contributed by atoms with Gasteiger partial charge in [0.15, 0.2) is 6.39 Å². The van der Waals surface area contributed by atoms with Gasteiger partial charge in [-0.3, -0.25) is 4.79 Å². The van der Waals surface area contributed by atoms with Crippen molar-refractivity contribution in [3.05, 3.63) is 36.2 Å². The van der Waals surface area contributed by atoms with E-state index in [-0.39, 0.29) is 12.9 Å². The van der Waals surface area contributed by atoms with Crippen molar-refractivity contribution < 1.29 is 33.3 Å². The summed E-state index contributed by atoms with van der Waals surface area (Å²) in [7, 11) is 0. The van der Waals surface area contributed by atoms with Crippen LogP contribution in [0.5, 0.6) is 0 Å². The maximum absolute atomic E-state index is 10.6. The number of hydrogen-bond donors (Lipinski definition) is 2. The summed E-state index contributed by atoms with van der Waals surface area (Å²) >= 11 is 0. The van der Waals surface area contributed by atoms with E-state index in [1.807, 2.05) is 0 Å². The van der Waals surface area contributed by atoms with Crippen LogP contribution in [-0.2, 0) is 20.7 Å². The minimum Gasteiger partial charge on any atom is -0.462 e. The van der Waals surface area contributed by atoms with Crippen LogP contribution in [0.1, 0.15) is 127 Å². The van der Waals surface area contributed by atoms with Gasteiger partial charge in [0.1, 0.15) is 36.0 Å². The summed E-state index contributed by atoms with van der Waals surface area (Å²) in [5.74, 6) is 1.07. The molecule has 0 aliphatic rings. The lowest BCUT2D eigenvalue weighted by molar-refractivity contribution is -0.144. The minimum absolute atomic E-state index is 0.0838. The lowest BCUT2D eigenvalue weighted by atomic mass is 10.0. The smallest absolute Gasteiger partial charge is 0.293 e. The molecule has 9 heteroatoms. The van der Waals surface area contributed by atoms with Gasteiger partial charge in [-0.15, -0.1) is 0 Å². The number of rotatable bonds is 24. The van der Waals surface area contributed by atoms with Gasteiger partial charge in [0.2, 0.25) is 5.89 Å². The molecule has 0 aromatic carbocycles. The molecule has 0 spiro atoms. The summed E-state index contributed by atoms with van der Waals surface area (Å²) in [6, 6.07) is 0. The average Bonchev–Trinajstić information content (AvgIpc) is 3.60. The summed E-state index contributed by atoms with van der Waals surface area (Å²) in [4.78, 5) is 19.0. The Morgan fingerprint density at radius 2 is 1.58 bits per heavy atom. The van der Waals surface area contributed by atoms with E-state index in [1.54, 1.807) is 6.20 Å². The van der Waals surface area contributed by atoms with Crippen molar-refractivity contribution in [1.29, 1.82) is 0 Å². The van der Waals surface area contributed by atoms with Crippen LogP contribution < -0.4 is 0 Å². The zero-order valence-electron chi connectivity index (χ0n) is 23.3. The first kappa shape index (κ1) is 32.0. The number of carbonyl (C=O) groups is 1. The second-order valence-electron chi connectivity index (χ2n) is 10.1. The van der Waals surface area contributed by atoms with Crippen molar-refractivity contribution in [3.8, 4) is 0 Å². The van der Waals surface area contributed by atoms with Crippen LogP contribution in [0, 0.1) is 0 Å². The van der Waals surface area contributed by atoms with Crippen LogP contribution >= 0.6 is 0 Å². The van der Waals surface area contributed by atoms with Gasteiger partial charge >= 0.3 is 0 Å². The molecule has 0 aliphatic carbocycles.